The Hall–Kier alpha value is -1.79. The van der Waals surface area contributed by atoms with Crippen molar-refractivity contribution in [3.8, 4) is 0 Å². The highest BCUT2D eigenvalue weighted by Gasteiger charge is 2.20. The average Bonchev–Trinajstić information content (AvgIpc) is 2.44. The minimum atomic E-state index is -3.92. The number of sulfonamides is 1. The fourth-order valence-corrected chi connectivity index (χ4v) is 3.24. The molecule has 7 heteroatoms. The maximum atomic E-state index is 13.8. The van der Waals surface area contributed by atoms with Crippen LogP contribution in [0, 0.1) is 5.82 Å². The van der Waals surface area contributed by atoms with Crippen molar-refractivity contribution >= 4 is 33.0 Å². The van der Waals surface area contributed by atoms with Gasteiger partial charge in [0, 0.05) is 6.54 Å². The molecule has 2 aromatic carbocycles. The maximum absolute atomic E-state index is 13.8. The van der Waals surface area contributed by atoms with Crippen LogP contribution >= 0.6 is 11.6 Å². The monoisotopic (exact) mass is 328 g/mol. The van der Waals surface area contributed by atoms with Gasteiger partial charge in [-0.15, -0.1) is 0 Å². The van der Waals surface area contributed by atoms with Crippen LogP contribution in [0.4, 0.5) is 15.8 Å². The molecule has 0 spiro atoms. The van der Waals surface area contributed by atoms with Crippen molar-refractivity contribution in [2.75, 3.05) is 16.6 Å². The Morgan fingerprint density at radius 1 is 1.10 bits per heavy atom. The molecule has 0 fully saturated rings. The first kappa shape index (κ1) is 15.6. The molecule has 0 aliphatic carbocycles. The highest BCUT2D eigenvalue weighted by molar-refractivity contribution is 7.92. The van der Waals surface area contributed by atoms with E-state index >= 15 is 0 Å². The van der Waals surface area contributed by atoms with E-state index < -0.39 is 15.8 Å². The Morgan fingerprint density at radius 3 is 2.48 bits per heavy atom. The van der Waals surface area contributed by atoms with Gasteiger partial charge >= 0.3 is 0 Å². The quantitative estimate of drug-likeness (QED) is 0.879. The highest BCUT2D eigenvalue weighted by Crippen LogP contribution is 2.27. The van der Waals surface area contributed by atoms with E-state index in [1.54, 1.807) is 18.2 Å². The molecule has 2 N–H and O–H groups in total. The van der Waals surface area contributed by atoms with Crippen LogP contribution in [0.5, 0.6) is 0 Å². The smallest absolute Gasteiger partial charge is 0.264 e. The van der Waals surface area contributed by atoms with Gasteiger partial charge in [-0.05, 0) is 31.2 Å². The third-order valence-electron chi connectivity index (χ3n) is 2.74. The van der Waals surface area contributed by atoms with E-state index in [0.717, 1.165) is 0 Å². The zero-order valence-corrected chi connectivity index (χ0v) is 12.8. The fraction of sp³-hybridized carbons (Fsp3) is 0.143. The number of benzene rings is 2. The van der Waals surface area contributed by atoms with E-state index in [1.807, 2.05) is 6.92 Å². The van der Waals surface area contributed by atoms with Crippen molar-refractivity contribution in [1.29, 1.82) is 0 Å². The number of hydrogen-bond acceptors (Lipinski definition) is 3. The second-order valence-electron chi connectivity index (χ2n) is 4.23. The van der Waals surface area contributed by atoms with Gasteiger partial charge < -0.3 is 5.32 Å². The number of anilines is 2. The molecule has 112 valence electrons. The predicted octanol–water partition coefficient (Wildman–Crippen LogP) is 3.71. The molecular weight excluding hydrogens is 315 g/mol. The van der Waals surface area contributed by atoms with E-state index in [-0.39, 0.29) is 15.6 Å². The number of nitrogens with one attached hydrogen (secondary N) is 2. The number of para-hydroxylation sites is 1. The largest absolute Gasteiger partial charge is 0.384 e. The van der Waals surface area contributed by atoms with E-state index in [2.05, 4.69) is 10.0 Å². The molecule has 0 heterocycles. The molecular formula is C14H14ClFN2O2S. The molecule has 0 saturated heterocycles. The van der Waals surface area contributed by atoms with E-state index in [0.29, 0.717) is 12.2 Å². The molecule has 0 aliphatic heterocycles. The summed E-state index contributed by atoms with van der Waals surface area (Å²) in [6.07, 6.45) is 0. The Bertz CT molecular complexity index is 750. The SMILES string of the molecule is CCNc1ccccc1S(=O)(=O)Nc1cccc(Cl)c1F. The van der Waals surface area contributed by atoms with Gasteiger partial charge in [-0.25, -0.2) is 12.8 Å². The first-order valence-corrected chi connectivity index (χ1v) is 8.11. The predicted molar refractivity (Wildman–Crippen MR) is 82.8 cm³/mol. The second-order valence-corrected chi connectivity index (χ2v) is 6.29. The standard InChI is InChI=1S/C14H14ClFN2O2S/c1-2-17-11-7-3-4-9-13(11)21(19,20)18-12-8-5-6-10(15)14(12)16/h3-9,17-18H,2H2,1H3. The summed E-state index contributed by atoms with van der Waals surface area (Å²) in [5.74, 6) is -0.802. The van der Waals surface area contributed by atoms with Crippen LogP contribution in [0.1, 0.15) is 6.92 Å². The molecule has 0 atom stereocenters. The first-order chi connectivity index (χ1) is 9.95. The van der Waals surface area contributed by atoms with Gasteiger partial charge in [0.05, 0.1) is 16.4 Å². The third-order valence-corrected chi connectivity index (χ3v) is 4.46. The molecule has 4 nitrogen and oxygen atoms in total. The summed E-state index contributed by atoms with van der Waals surface area (Å²) in [7, 11) is -3.92. The zero-order chi connectivity index (χ0) is 15.5. The van der Waals surface area contributed by atoms with Gasteiger partial charge in [0.1, 0.15) is 4.90 Å². The van der Waals surface area contributed by atoms with E-state index in [4.69, 9.17) is 11.6 Å². The molecule has 21 heavy (non-hydrogen) atoms. The Balaban J connectivity index is 2.41. The van der Waals surface area contributed by atoms with E-state index in [1.165, 1.54) is 24.3 Å². The summed E-state index contributed by atoms with van der Waals surface area (Å²) >= 11 is 5.65. The van der Waals surface area contributed by atoms with Gasteiger partial charge in [-0.2, -0.15) is 0 Å². The lowest BCUT2D eigenvalue weighted by Crippen LogP contribution is -2.16. The molecule has 0 unspecified atom stereocenters. The van der Waals surface area contributed by atoms with Crippen molar-refractivity contribution < 1.29 is 12.8 Å². The Morgan fingerprint density at radius 2 is 1.76 bits per heavy atom. The van der Waals surface area contributed by atoms with Crippen LogP contribution in [0.25, 0.3) is 0 Å². The topological polar surface area (TPSA) is 58.2 Å². The number of halogens is 2. The van der Waals surface area contributed by atoms with Crippen LogP contribution in [-0.4, -0.2) is 15.0 Å². The summed E-state index contributed by atoms with van der Waals surface area (Å²) in [6.45, 7) is 2.42. The van der Waals surface area contributed by atoms with Crippen molar-refractivity contribution in [2.45, 2.75) is 11.8 Å². The van der Waals surface area contributed by atoms with Gasteiger partial charge in [-0.1, -0.05) is 29.8 Å². The van der Waals surface area contributed by atoms with Crippen LogP contribution in [-0.2, 0) is 10.0 Å². The van der Waals surface area contributed by atoms with Crippen LogP contribution in [0.15, 0.2) is 47.4 Å². The fourth-order valence-electron chi connectivity index (χ4n) is 1.82. The number of hydrogen-bond donors (Lipinski definition) is 2. The second kappa shape index (κ2) is 6.32. The lowest BCUT2D eigenvalue weighted by atomic mass is 10.3. The minimum absolute atomic E-state index is 0.0474. The zero-order valence-electron chi connectivity index (χ0n) is 11.2. The summed E-state index contributed by atoms with van der Waals surface area (Å²) in [5, 5.41) is 2.81. The van der Waals surface area contributed by atoms with Crippen molar-refractivity contribution in [3.05, 3.63) is 53.3 Å². The molecule has 0 saturated carbocycles. The van der Waals surface area contributed by atoms with Gasteiger partial charge in [0.15, 0.2) is 5.82 Å². The van der Waals surface area contributed by atoms with Crippen LogP contribution in [0.3, 0.4) is 0 Å². The molecule has 2 aromatic rings. The van der Waals surface area contributed by atoms with Crippen molar-refractivity contribution in [1.82, 2.24) is 0 Å². The Labute approximate surface area is 128 Å². The van der Waals surface area contributed by atoms with Crippen molar-refractivity contribution in [2.24, 2.45) is 0 Å². The summed E-state index contributed by atoms with van der Waals surface area (Å²) in [4.78, 5) is 0.0474. The van der Waals surface area contributed by atoms with Crippen LogP contribution < -0.4 is 10.0 Å². The summed E-state index contributed by atoms with van der Waals surface area (Å²) in [6, 6.07) is 10.5. The minimum Gasteiger partial charge on any atom is -0.384 e. The average molecular weight is 329 g/mol. The van der Waals surface area contributed by atoms with Crippen LogP contribution in [0.2, 0.25) is 5.02 Å². The highest BCUT2D eigenvalue weighted by atomic mass is 35.5. The molecule has 2 rings (SSSR count). The Kier molecular flexibility index (Phi) is 4.69. The normalized spacial score (nSPS) is 11.2. The number of rotatable bonds is 5. The van der Waals surface area contributed by atoms with E-state index in [9.17, 15) is 12.8 Å². The molecule has 0 amide bonds. The lowest BCUT2D eigenvalue weighted by Gasteiger charge is -2.13. The molecule has 0 aromatic heterocycles. The van der Waals surface area contributed by atoms with Gasteiger partial charge in [0.25, 0.3) is 10.0 Å². The molecule has 0 aliphatic rings. The van der Waals surface area contributed by atoms with Crippen molar-refractivity contribution in [3.63, 3.8) is 0 Å². The molecule has 0 radical (unpaired) electrons. The van der Waals surface area contributed by atoms with Gasteiger partial charge in [-0.3, -0.25) is 4.72 Å². The third kappa shape index (κ3) is 3.46. The lowest BCUT2D eigenvalue weighted by molar-refractivity contribution is 0.599. The van der Waals surface area contributed by atoms with Gasteiger partial charge in [0.2, 0.25) is 0 Å². The summed E-state index contributed by atoms with van der Waals surface area (Å²) in [5.41, 5.74) is 0.267. The molecule has 0 bridgehead atoms. The summed E-state index contributed by atoms with van der Waals surface area (Å²) < 4.78 is 40.8. The first-order valence-electron chi connectivity index (χ1n) is 6.25. The maximum Gasteiger partial charge on any atom is 0.264 e.